The molecule has 30 heavy (non-hydrogen) atoms. The summed E-state index contributed by atoms with van der Waals surface area (Å²) in [6.45, 7) is 6.71. The Labute approximate surface area is 185 Å². The third-order valence-electron chi connectivity index (χ3n) is 5.99. The minimum Gasteiger partial charge on any atom is -0.354 e. The van der Waals surface area contributed by atoms with Crippen molar-refractivity contribution in [3.63, 3.8) is 0 Å². The Hall–Kier alpha value is -2.19. The van der Waals surface area contributed by atoms with Crippen molar-refractivity contribution < 1.29 is 4.79 Å². The van der Waals surface area contributed by atoms with E-state index in [2.05, 4.69) is 36.8 Å². The Morgan fingerprint density at radius 3 is 2.70 bits per heavy atom. The van der Waals surface area contributed by atoms with Crippen LogP contribution in [0.25, 0.3) is 0 Å². The first-order valence-electron chi connectivity index (χ1n) is 10.6. The predicted molar refractivity (Wildman–Crippen MR) is 121 cm³/mol. The van der Waals surface area contributed by atoms with Gasteiger partial charge in [0.25, 0.3) is 5.56 Å². The second-order valence-electron chi connectivity index (χ2n) is 8.14. The standard InChI is InChI=1S/C22H28BrN5O2/c23-19-6-7-21(29)28(16-19)17-22(30)27-9-3-4-18(15-27)14-25-10-12-26(13-11-25)20-5-1-2-8-24-20/h1-2,5-8,16,18H,3-4,9-15,17H2. The summed E-state index contributed by atoms with van der Waals surface area (Å²) in [4.78, 5) is 36.0. The van der Waals surface area contributed by atoms with Gasteiger partial charge >= 0.3 is 0 Å². The molecule has 2 aromatic rings. The fraction of sp³-hybridized carbons (Fsp3) is 0.500. The average Bonchev–Trinajstić information content (AvgIpc) is 2.77. The molecule has 2 aromatic heterocycles. The summed E-state index contributed by atoms with van der Waals surface area (Å²) in [7, 11) is 0. The zero-order valence-electron chi connectivity index (χ0n) is 17.1. The number of pyridine rings is 2. The highest BCUT2D eigenvalue weighted by atomic mass is 79.9. The van der Waals surface area contributed by atoms with Crippen molar-refractivity contribution in [2.24, 2.45) is 5.92 Å². The lowest BCUT2D eigenvalue weighted by atomic mass is 9.97. The topological polar surface area (TPSA) is 61.7 Å². The lowest BCUT2D eigenvalue weighted by molar-refractivity contribution is -0.133. The van der Waals surface area contributed by atoms with E-state index >= 15 is 0 Å². The molecule has 4 heterocycles. The molecule has 1 amide bonds. The summed E-state index contributed by atoms with van der Waals surface area (Å²) in [5.74, 6) is 1.57. The van der Waals surface area contributed by atoms with Gasteiger partial charge in [-0.3, -0.25) is 14.5 Å². The molecule has 1 atom stereocenters. The van der Waals surface area contributed by atoms with Crippen LogP contribution in [0, 0.1) is 5.92 Å². The van der Waals surface area contributed by atoms with Crippen LogP contribution in [-0.2, 0) is 11.3 Å². The SMILES string of the molecule is O=C(Cn1cc(Br)ccc1=O)N1CCCC(CN2CCN(c3ccccn3)CC2)C1. The van der Waals surface area contributed by atoms with Gasteiger partial charge in [-0.25, -0.2) is 4.98 Å². The predicted octanol–water partition coefficient (Wildman–Crippen LogP) is 2.07. The summed E-state index contributed by atoms with van der Waals surface area (Å²) < 4.78 is 2.28. The lowest BCUT2D eigenvalue weighted by Gasteiger charge is -2.39. The molecule has 2 aliphatic rings. The van der Waals surface area contributed by atoms with Gasteiger partial charge in [-0.15, -0.1) is 0 Å². The first-order chi connectivity index (χ1) is 14.6. The van der Waals surface area contributed by atoms with Crippen LogP contribution in [0.15, 0.2) is 52.0 Å². The molecule has 2 saturated heterocycles. The minimum absolute atomic E-state index is 0.0277. The van der Waals surface area contributed by atoms with Crippen molar-refractivity contribution in [3.8, 4) is 0 Å². The van der Waals surface area contributed by atoms with Gasteiger partial charge in [-0.2, -0.15) is 0 Å². The molecule has 0 aliphatic carbocycles. The van der Waals surface area contributed by atoms with Crippen LogP contribution in [0.1, 0.15) is 12.8 Å². The smallest absolute Gasteiger partial charge is 0.251 e. The molecule has 4 rings (SSSR count). The molecular weight excluding hydrogens is 446 g/mol. The van der Waals surface area contributed by atoms with E-state index < -0.39 is 0 Å². The Bertz CT molecular complexity index is 911. The van der Waals surface area contributed by atoms with E-state index in [1.165, 1.54) is 10.6 Å². The van der Waals surface area contributed by atoms with Gasteiger partial charge < -0.3 is 14.4 Å². The van der Waals surface area contributed by atoms with Crippen LogP contribution in [0.2, 0.25) is 0 Å². The maximum atomic E-state index is 12.8. The van der Waals surface area contributed by atoms with Gasteiger partial charge in [-0.1, -0.05) is 6.07 Å². The van der Waals surface area contributed by atoms with E-state index in [-0.39, 0.29) is 18.0 Å². The molecule has 0 aromatic carbocycles. The van der Waals surface area contributed by atoms with E-state index in [4.69, 9.17) is 0 Å². The fourth-order valence-electron chi connectivity index (χ4n) is 4.38. The van der Waals surface area contributed by atoms with Crippen molar-refractivity contribution >= 4 is 27.7 Å². The molecule has 0 bridgehead atoms. The molecule has 1 unspecified atom stereocenters. The fourth-order valence-corrected chi connectivity index (χ4v) is 4.76. The summed E-state index contributed by atoms with van der Waals surface area (Å²) in [6, 6.07) is 9.24. The number of hydrogen-bond acceptors (Lipinski definition) is 5. The zero-order valence-corrected chi connectivity index (χ0v) is 18.7. The highest BCUT2D eigenvalue weighted by molar-refractivity contribution is 9.10. The van der Waals surface area contributed by atoms with Crippen LogP contribution in [-0.4, -0.2) is 71.1 Å². The molecule has 8 heteroatoms. The van der Waals surface area contributed by atoms with Gasteiger partial charge in [0.05, 0.1) is 0 Å². The number of piperazine rings is 1. The Morgan fingerprint density at radius 2 is 1.93 bits per heavy atom. The lowest BCUT2D eigenvalue weighted by Crippen LogP contribution is -2.50. The summed E-state index contributed by atoms with van der Waals surface area (Å²) >= 11 is 3.37. The molecular formula is C22H28BrN5O2. The third kappa shape index (κ3) is 5.29. The summed E-state index contributed by atoms with van der Waals surface area (Å²) in [6.07, 6.45) is 5.71. The molecule has 2 fully saturated rings. The van der Waals surface area contributed by atoms with Gasteiger partial charge in [-0.05, 0) is 52.9 Å². The normalized spacial score (nSPS) is 20.4. The zero-order chi connectivity index (χ0) is 20.9. The van der Waals surface area contributed by atoms with Crippen LogP contribution in [0.3, 0.4) is 0 Å². The van der Waals surface area contributed by atoms with Gasteiger partial charge in [0, 0.05) is 68.7 Å². The second kappa shape index (κ2) is 9.75. The van der Waals surface area contributed by atoms with E-state index in [0.29, 0.717) is 5.92 Å². The first-order valence-corrected chi connectivity index (χ1v) is 11.4. The Balaban J connectivity index is 1.27. The number of rotatable bonds is 5. The Morgan fingerprint density at radius 1 is 1.10 bits per heavy atom. The van der Waals surface area contributed by atoms with Crippen LogP contribution in [0.5, 0.6) is 0 Å². The number of amides is 1. The third-order valence-corrected chi connectivity index (χ3v) is 6.46. The van der Waals surface area contributed by atoms with E-state index in [9.17, 15) is 9.59 Å². The van der Waals surface area contributed by atoms with Gasteiger partial charge in [0.1, 0.15) is 12.4 Å². The van der Waals surface area contributed by atoms with Crippen molar-refractivity contribution in [1.29, 1.82) is 0 Å². The molecule has 160 valence electrons. The monoisotopic (exact) mass is 473 g/mol. The molecule has 0 saturated carbocycles. The van der Waals surface area contributed by atoms with E-state index in [1.807, 2.05) is 23.2 Å². The number of aromatic nitrogens is 2. The molecule has 7 nitrogen and oxygen atoms in total. The average molecular weight is 474 g/mol. The number of halogens is 1. The Kier molecular flexibility index (Phi) is 6.84. The van der Waals surface area contributed by atoms with Gasteiger partial charge in [0.2, 0.25) is 5.91 Å². The maximum Gasteiger partial charge on any atom is 0.251 e. The second-order valence-corrected chi connectivity index (χ2v) is 9.05. The van der Waals surface area contributed by atoms with Gasteiger partial charge in [0.15, 0.2) is 0 Å². The summed E-state index contributed by atoms with van der Waals surface area (Å²) in [5, 5.41) is 0. The van der Waals surface area contributed by atoms with Crippen LogP contribution < -0.4 is 10.5 Å². The van der Waals surface area contributed by atoms with Crippen LogP contribution in [0.4, 0.5) is 5.82 Å². The molecule has 0 N–H and O–H groups in total. The van der Waals surface area contributed by atoms with Crippen molar-refractivity contribution in [1.82, 2.24) is 19.4 Å². The number of carbonyl (C=O) groups excluding carboxylic acids is 1. The van der Waals surface area contributed by atoms with E-state index in [1.54, 1.807) is 12.3 Å². The molecule has 0 spiro atoms. The molecule has 0 radical (unpaired) electrons. The van der Waals surface area contributed by atoms with Crippen molar-refractivity contribution in [3.05, 3.63) is 57.6 Å². The molecule has 2 aliphatic heterocycles. The highest BCUT2D eigenvalue weighted by Gasteiger charge is 2.27. The number of carbonyl (C=O) groups is 1. The van der Waals surface area contributed by atoms with Crippen LogP contribution >= 0.6 is 15.9 Å². The van der Waals surface area contributed by atoms with E-state index in [0.717, 1.165) is 68.9 Å². The quantitative estimate of drug-likeness (QED) is 0.664. The minimum atomic E-state index is -0.147. The number of anilines is 1. The summed E-state index contributed by atoms with van der Waals surface area (Å²) in [5.41, 5.74) is -0.147. The van der Waals surface area contributed by atoms with Crippen molar-refractivity contribution in [2.45, 2.75) is 19.4 Å². The maximum absolute atomic E-state index is 12.8. The number of hydrogen-bond donors (Lipinski definition) is 0. The number of nitrogens with zero attached hydrogens (tertiary/aromatic N) is 5. The number of piperidine rings is 1. The highest BCUT2D eigenvalue weighted by Crippen LogP contribution is 2.20. The first kappa shape index (κ1) is 21.1. The van der Waals surface area contributed by atoms with Crippen molar-refractivity contribution in [2.75, 3.05) is 50.7 Å². The number of likely N-dealkylation sites (tertiary alicyclic amines) is 1. The largest absolute Gasteiger partial charge is 0.354 e.